The highest BCUT2D eigenvalue weighted by atomic mass is 127. The summed E-state index contributed by atoms with van der Waals surface area (Å²) in [6, 6.07) is 5.84. The zero-order valence-corrected chi connectivity index (χ0v) is 19.2. The summed E-state index contributed by atoms with van der Waals surface area (Å²) >= 11 is 4.24. The molecule has 3 aromatic heterocycles. The van der Waals surface area contributed by atoms with E-state index in [9.17, 15) is 4.79 Å². The van der Waals surface area contributed by atoms with Gasteiger partial charge in [-0.15, -0.1) is 11.3 Å². The molecule has 5 rings (SSSR count). The van der Waals surface area contributed by atoms with E-state index in [2.05, 4.69) is 50.1 Å². The van der Waals surface area contributed by atoms with E-state index >= 15 is 0 Å². The molecule has 0 bridgehead atoms. The zero-order valence-electron chi connectivity index (χ0n) is 16.3. The van der Waals surface area contributed by atoms with Gasteiger partial charge in [-0.1, -0.05) is 29.5 Å². The van der Waals surface area contributed by atoms with Crippen molar-refractivity contribution in [1.29, 1.82) is 0 Å². The van der Waals surface area contributed by atoms with Crippen LogP contribution in [0.15, 0.2) is 36.0 Å². The van der Waals surface area contributed by atoms with Gasteiger partial charge >= 0.3 is 0 Å². The number of anilines is 2. The molecule has 2 atom stereocenters. The van der Waals surface area contributed by atoms with Crippen LogP contribution in [0, 0.1) is 5.92 Å². The standard InChI is InChI=1S/C22H23IN4OS/c1-13-8-15(23)11-27(10-13)19-6-7-24-9-18(19)26-22(28)17-4-5-20-21(25-17)16(12-29-20)14-2-3-14/h4-7,9,12-15H,2-3,8,10-11H2,1H3,(H,26,28)/t13-,15+/m1/s1. The van der Waals surface area contributed by atoms with Gasteiger partial charge in [0.25, 0.3) is 5.91 Å². The number of alkyl halides is 1. The second-order valence-electron chi connectivity index (χ2n) is 8.20. The van der Waals surface area contributed by atoms with Crippen LogP contribution < -0.4 is 10.2 Å². The van der Waals surface area contributed by atoms with Crippen LogP contribution in [0.4, 0.5) is 11.4 Å². The molecule has 2 fully saturated rings. The van der Waals surface area contributed by atoms with E-state index in [4.69, 9.17) is 4.98 Å². The molecule has 5 nitrogen and oxygen atoms in total. The van der Waals surface area contributed by atoms with Gasteiger partial charge in [-0.3, -0.25) is 9.78 Å². The molecule has 150 valence electrons. The van der Waals surface area contributed by atoms with Crippen LogP contribution in [0.3, 0.4) is 0 Å². The third kappa shape index (κ3) is 3.99. The van der Waals surface area contributed by atoms with Gasteiger partial charge in [0, 0.05) is 23.2 Å². The molecule has 1 amide bonds. The number of carbonyl (C=O) groups excluding carboxylic acids is 1. The molecule has 0 aromatic carbocycles. The molecule has 0 radical (unpaired) electrons. The summed E-state index contributed by atoms with van der Waals surface area (Å²) in [7, 11) is 0. The predicted molar refractivity (Wildman–Crippen MR) is 128 cm³/mol. The van der Waals surface area contributed by atoms with Crippen LogP contribution in [0.25, 0.3) is 10.2 Å². The predicted octanol–water partition coefficient (Wildman–Crippen LogP) is 5.47. The number of piperidine rings is 1. The largest absolute Gasteiger partial charge is 0.368 e. The van der Waals surface area contributed by atoms with Crippen molar-refractivity contribution in [2.45, 2.75) is 36.0 Å². The number of nitrogens with one attached hydrogen (secondary N) is 1. The highest BCUT2D eigenvalue weighted by Crippen LogP contribution is 2.44. The smallest absolute Gasteiger partial charge is 0.274 e. The van der Waals surface area contributed by atoms with E-state index in [0.717, 1.165) is 34.7 Å². The Labute approximate surface area is 188 Å². The number of hydrogen-bond donors (Lipinski definition) is 1. The first kappa shape index (κ1) is 19.2. The number of halogens is 1. The fraction of sp³-hybridized carbons (Fsp3) is 0.409. The van der Waals surface area contributed by atoms with Gasteiger partial charge in [-0.2, -0.15) is 0 Å². The number of carbonyl (C=O) groups is 1. The summed E-state index contributed by atoms with van der Waals surface area (Å²) < 4.78 is 1.76. The van der Waals surface area contributed by atoms with Crippen molar-refractivity contribution >= 4 is 61.4 Å². The fourth-order valence-corrected chi connectivity index (χ4v) is 6.48. The van der Waals surface area contributed by atoms with Gasteiger partial charge in [-0.25, -0.2) is 4.98 Å². The average molecular weight is 518 g/mol. The molecule has 1 aliphatic heterocycles. The molecule has 0 spiro atoms. The van der Waals surface area contributed by atoms with Crippen LogP contribution in [0.1, 0.15) is 48.2 Å². The Morgan fingerprint density at radius 1 is 1.28 bits per heavy atom. The maximum Gasteiger partial charge on any atom is 0.274 e. The lowest BCUT2D eigenvalue weighted by Crippen LogP contribution is -2.40. The van der Waals surface area contributed by atoms with Crippen molar-refractivity contribution in [3.8, 4) is 0 Å². The lowest BCUT2D eigenvalue weighted by Gasteiger charge is -2.36. The molecule has 2 aliphatic rings. The van der Waals surface area contributed by atoms with Crippen molar-refractivity contribution in [1.82, 2.24) is 9.97 Å². The van der Waals surface area contributed by atoms with Crippen LogP contribution >= 0.6 is 33.9 Å². The highest BCUT2D eigenvalue weighted by molar-refractivity contribution is 14.1. The highest BCUT2D eigenvalue weighted by Gasteiger charge is 2.28. The Morgan fingerprint density at radius 2 is 2.14 bits per heavy atom. The monoisotopic (exact) mass is 518 g/mol. The first-order chi connectivity index (χ1) is 14.1. The minimum atomic E-state index is -0.176. The van der Waals surface area contributed by atoms with Crippen molar-refractivity contribution in [3.05, 3.63) is 47.2 Å². The van der Waals surface area contributed by atoms with E-state index in [1.807, 2.05) is 18.2 Å². The third-order valence-electron chi connectivity index (χ3n) is 5.69. The molecule has 7 heteroatoms. The Balaban J connectivity index is 1.41. The summed E-state index contributed by atoms with van der Waals surface area (Å²) in [5, 5.41) is 5.27. The molecule has 1 saturated heterocycles. The molecule has 3 aromatic rings. The molecule has 4 heterocycles. The minimum absolute atomic E-state index is 0.176. The minimum Gasteiger partial charge on any atom is -0.368 e. The Bertz CT molecular complexity index is 1050. The number of nitrogens with zero attached hydrogens (tertiary/aromatic N) is 3. The zero-order chi connectivity index (χ0) is 20.0. The number of pyridine rings is 2. The van der Waals surface area contributed by atoms with Gasteiger partial charge in [0.2, 0.25) is 0 Å². The quantitative estimate of drug-likeness (QED) is 0.368. The Hall–Kier alpha value is -1.74. The maximum atomic E-state index is 13.0. The maximum absolute atomic E-state index is 13.0. The van der Waals surface area contributed by atoms with Gasteiger partial charge in [0.1, 0.15) is 5.69 Å². The second-order valence-corrected chi connectivity index (χ2v) is 10.9. The lowest BCUT2D eigenvalue weighted by molar-refractivity contribution is 0.102. The van der Waals surface area contributed by atoms with Crippen molar-refractivity contribution in [3.63, 3.8) is 0 Å². The summed E-state index contributed by atoms with van der Waals surface area (Å²) in [6.45, 7) is 4.27. The van der Waals surface area contributed by atoms with Crippen molar-refractivity contribution < 1.29 is 4.79 Å². The topological polar surface area (TPSA) is 58.1 Å². The molecule has 1 N–H and O–H groups in total. The van der Waals surface area contributed by atoms with Gasteiger partial charge < -0.3 is 10.2 Å². The number of aromatic nitrogens is 2. The number of rotatable bonds is 4. The molecular weight excluding hydrogens is 495 g/mol. The second kappa shape index (κ2) is 7.83. The Kier molecular flexibility index (Phi) is 5.19. The normalized spacial score (nSPS) is 22.1. The van der Waals surface area contributed by atoms with E-state index < -0.39 is 0 Å². The first-order valence-electron chi connectivity index (χ1n) is 10.1. The first-order valence-corrected chi connectivity index (χ1v) is 12.2. The molecule has 1 saturated carbocycles. The Morgan fingerprint density at radius 3 is 2.93 bits per heavy atom. The summed E-state index contributed by atoms with van der Waals surface area (Å²) in [6.07, 6.45) is 7.24. The molecule has 1 aliphatic carbocycles. The van der Waals surface area contributed by atoms with E-state index in [0.29, 0.717) is 21.5 Å². The van der Waals surface area contributed by atoms with Crippen molar-refractivity contribution in [2.75, 3.05) is 23.3 Å². The van der Waals surface area contributed by atoms with E-state index in [1.165, 1.54) is 24.8 Å². The third-order valence-corrected chi connectivity index (χ3v) is 7.55. The van der Waals surface area contributed by atoms with Crippen LogP contribution in [-0.2, 0) is 0 Å². The van der Waals surface area contributed by atoms with Crippen LogP contribution in [0.2, 0.25) is 0 Å². The number of thiophene rings is 1. The fourth-order valence-electron chi connectivity index (χ4n) is 4.16. The number of fused-ring (bicyclic) bond motifs is 1. The van der Waals surface area contributed by atoms with E-state index in [-0.39, 0.29) is 5.91 Å². The lowest BCUT2D eigenvalue weighted by atomic mass is 9.99. The van der Waals surface area contributed by atoms with Crippen LogP contribution in [0.5, 0.6) is 0 Å². The van der Waals surface area contributed by atoms with Crippen LogP contribution in [-0.4, -0.2) is 32.9 Å². The SMILES string of the molecule is C[C@@H]1C[C@H](I)CN(c2ccncc2NC(=O)c2ccc3scc(C4CC4)c3n2)C1. The summed E-state index contributed by atoms with van der Waals surface area (Å²) in [5.41, 5.74) is 4.55. The van der Waals surface area contributed by atoms with Gasteiger partial charge in [-0.05, 0) is 60.2 Å². The van der Waals surface area contributed by atoms with Gasteiger partial charge in [0.05, 0.1) is 27.8 Å². The molecule has 0 unspecified atom stereocenters. The van der Waals surface area contributed by atoms with E-state index in [1.54, 1.807) is 23.7 Å². The molecular formula is C22H23IN4OS. The number of hydrogen-bond acceptors (Lipinski definition) is 5. The van der Waals surface area contributed by atoms with Crippen molar-refractivity contribution in [2.24, 2.45) is 5.92 Å². The number of amides is 1. The summed E-state index contributed by atoms with van der Waals surface area (Å²) in [5.74, 6) is 1.08. The summed E-state index contributed by atoms with van der Waals surface area (Å²) in [4.78, 5) is 24.4. The van der Waals surface area contributed by atoms with Gasteiger partial charge in [0.15, 0.2) is 0 Å². The average Bonchev–Trinajstić information content (AvgIpc) is 3.46. The molecule has 29 heavy (non-hydrogen) atoms.